The van der Waals surface area contributed by atoms with Crippen LogP contribution >= 0.6 is 0 Å². The standard InChI is InChI=1S/C16H21NO4/c1-5-17-10-16(8-7-12(18)9-11(16)3)15(4,13(17)19)14(20)21-6-2/h7-9H,5-6,10H2,1-4H3/t15-,16+/m1/s1. The first-order chi connectivity index (χ1) is 9.83. The van der Waals surface area contributed by atoms with E-state index in [9.17, 15) is 14.4 Å². The number of esters is 1. The molecule has 1 heterocycles. The highest BCUT2D eigenvalue weighted by Gasteiger charge is 2.65. The fraction of sp³-hybridized carbons (Fsp3) is 0.562. The summed E-state index contributed by atoms with van der Waals surface area (Å²) in [7, 11) is 0. The number of carbonyl (C=O) groups is 3. The first kappa shape index (κ1) is 15.5. The number of likely N-dealkylation sites (tertiary alicyclic amines) is 1. The van der Waals surface area contributed by atoms with Gasteiger partial charge in [-0.05, 0) is 39.8 Å². The van der Waals surface area contributed by atoms with E-state index in [4.69, 9.17) is 4.74 Å². The van der Waals surface area contributed by atoms with Crippen molar-refractivity contribution < 1.29 is 19.1 Å². The van der Waals surface area contributed by atoms with Gasteiger partial charge in [0.05, 0.1) is 12.0 Å². The van der Waals surface area contributed by atoms with Crippen LogP contribution in [0, 0.1) is 10.8 Å². The summed E-state index contributed by atoms with van der Waals surface area (Å²) >= 11 is 0. The highest BCUT2D eigenvalue weighted by atomic mass is 16.5. The van der Waals surface area contributed by atoms with Crippen LogP contribution in [0.3, 0.4) is 0 Å². The molecule has 1 aliphatic heterocycles. The van der Waals surface area contributed by atoms with Crippen LogP contribution in [0.2, 0.25) is 0 Å². The first-order valence-corrected chi connectivity index (χ1v) is 7.22. The fourth-order valence-electron chi connectivity index (χ4n) is 3.32. The van der Waals surface area contributed by atoms with Gasteiger partial charge in [0.15, 0.2) is 11.2 Å². The van der Waals surface area contributed by atoms with Crippen LogP contribution in [-0.2, 0) is 19.1 Å². The van der Waals surface area contributed by atoms with Gasteiger partial charge in [-0.3, -0.25) is 14.4 Å². The second kappa shape index (κ2) is 5.13. The maximum atomic E-state index is 12.8. The van der Waals surface area contributed by atoms with Gasteiger partial charge < -0.3 is 9.64 Å². The number of hydrogen-bond donors (Lipinski definition) is 0. The smallest absolute Gasteiger partial charge is 0.322 e. The lowest BCUT2D eigenvalue weighted by atomic mass is 9.61. The Balaban J connectivity index is 2.60. The van der Waals surface area contributed by atoms with Gasteiger partial charge in [-0.2, -0.15) is 0 Å². The Morgan fingerprint density at radius 2 is 2.05 bits per heavy atom. The normalized spacial score (nSPS) is 31.8. The van der Waals surface area contributed by atoms with Gasteiger partial charge in [0.2, 0.25) is 5.91 Å². The second-order valence-corrected chi connectivity index (χ2v) is 5.70. The molecule has 1 spiro atoms. The number of carbonyl (C=O) groups excluding carboxylic acids is 3. The van der Waals surface area contributed by atoms with Crippen LogP contribution in [0.1, 0.15) is 27.7 Å². The molecule has 0 unspecified atom stereocenters. The molecule has 1 amide bonds. The Labute approximate surface area is 124 Å². The highest BCUT2D eigenvalue weighted by Crippen LogP contribution is 2.54. The van der Waals surface area contributed by atoms with E-state index in [1.54, 1.807) is 31.7 Å². The van der Waals surface area contributed by atoms with Crippen LogP contribution in [0.25, 0.3) is 0 Å². The van der Waals surface area contributed by atoms with Crippen LogP contribution in [0.15, 0.2) is 23.8 Å². The van der Waals surface area contributed by atoms with E-state index in [-0.39, 0.29) is 18.3 Å². The molecule has 2 aliphatic rings. The molecule has 5 heteroatoms. The van der Waals surface area contributed by atoms with Crippen molar-refractivity contribution in [2.45, 2.75) is 27.7 Å². The van der Waals surface area contributed by atoms with Crippen molar-refractivity contribution in [1.29, 1.82) is 0 Å². The zero-order valence-corrected chi connectivity index (χ0v) is 12.9. The minimum Gasteiger partial charge on any atom is -0.465 e. The van der Waals surface area contributed by atoms with Crippen LogP contribution in [0.4, 0.5) is 0 Å². The summed E-state index contributed by atoms with van der Waals surface area (Å²) in [6, 6.07) is 0. The zero-order valence-electron chi connectivity index (χ0n) is 12.9. The van der Waals surface area contributed by atoms with Crippen molar-refractivity contribution >= 4 is 17.7 Å². The van der Waals surface area contributed by atoms with Crippen LogP contribution < -0.4 is 0 Å². The van der Waals surface area contributed by atoms with Crippen molar-refractivity contribution in [3.63, 3.8) is 0 Å². The maximum absolute atomic E-state index is 12.8. The molecule has 114 valence electrons. The average Bonchev–Trinajstić information content (AvgIpc) is 2.67. The van der Waals surface area contributed by atoms with Crippen LogP contribution in [-0.4, -0.2) is 42.3 Å². The van der Waals surface area contributed by atoms with E-state index in [0.29, 0.717) is 13.1 Å². The highest BCUT2D eigenvalue weighted by molar-refractivity contribution is 6.08. The predicted molar refractivity (Wildman–Crippen MR) is 77.3 cm³/mol. The summed E-state index contributed by atoms with van der Waals surface area (Å²) in [6.45, 7) is 8.14. The third-order valence-corrected chi connectivity index (χ3v) is 4.71. The molecule has 5 nitrogen and oxygen atoms in total. The first-order valence-electron chi connectivity index (χ1n) is 7.22. The summed E-state index contributed by atoms with van der Waals surface area (Å²) in [5, 5.41) is 0. The molecule has 2 rings (SSSR count). The van der Waals surface area contributed by atoms with Gasteiger partial charge in [0, 0.05) is 13.1 Å². The number of ketones is 1. The Hall–Kier alpha value is -1.91. The van der Waals surface area contributed by atoms with E-state index in [1.165, 1.54) is 12.2 Å². The molecule has 1 fully saturated rings. The fourth-order valence-corrected chi connectivity index (χ4v) is 3.32. The van der Waals surface area contributed by atoms with Gasteiger partial charge in [-0.25, -0.2) is 0 Å². The number of nitrogens with zero attached hydrogens (tertiary/aromatic N) is 1. The Morgan fingerprint density at radius 3 is 2.57 bits per heavy atom. The molecule has 0 radical (unpaired) electrons. The maximum Gasteiger partial charge on any atom is 0.322 e. The van der Waals surface area contributed by atoms with Gasteiger partial charge in [0.25, 0.3) is 0 Å². The molecule has 0 N–H and O–H groups in total. The number of rotatable bonds is 3. The Kier molecular flexibility index (Phi) is 3.78. The molecule has 2 atom stereocenters. The van der Waals surface area contributed by atoms with Crippen molar-refractivity contribution in [2.24, 2.45) is 10.8 Å². The number of amides is 1. The SMILES string of the molecule is CCOC(=O)[C@@]1(C)C(=O)N(CC)C[C@]12C=CC(=O)C=C2C. The third kappa shape index (κ3) is 1.94. The second-order valence-electron chi connectivity index (χ2n) is 5.70. The lowest BCUT2D eigenvalue weighted by Gasteiger charge is -2.38. The molecule has 1 aliphatic carbocycles. The Bertz CT molecular complexity index is 563. The van der Waals surface area contributed by atoms with Gasteiger partial charge in [-0.15, -0.1) is 0 Å². The van der Waals surface area contributed by atoms with Gasteiger partial charge in [-0.1, -0.05) is 11.6 Å². The van der Waals surface area contributed by atoms with Gasteiger partial charge in [0.1, 0.15) is 0 Å². The van der Waals surface area contributed by atoms with Crippen molar-refractivity contribution in [2.75, 3.05) is 19.7 Å². The van der Waals surface area contributed by atoms with E-state index in [0.717, 1.165) is 5.57 Å². The average molecular weight is 291 g/mol. The van der Waals surface area contributed by atoms with Crippen LogP contribution in [0.5, 0.6) is 0 Å². The minimum absolute atomic E-state index is 0.119. The molecule has 1 saturated heterocycles. The number of ether oxygens (including phenoxy) is 1. The summed E-state index contributed by atoms with van der Waals surface area (Å²) in [5.74, 6) is -0.889. The summed E-state index contributed by atoms with van der Waals surface area (Å²) in [5.41, 5.74) is -1.40. The lowest BCUT2D eigenvalue weighted by Crippen LogP contribution is -2.49. The number of allylic oxidation sites excluding steroid dienone is 2. The van der Waals surface area contributed by atoms with E-state index >= 15 is 0 Å². The van der Waals surface area contributed by atoms with E-state index < -0.39 is 16.8 Å². The topological polar surface area (TPSA) is 63.7 Å². The zero-order chi connectivity index (χ0) is 15.8. The number of hydrogen-bond acceptors (Lipinski definition) is 4. The van der Waals surface area contributed by atoms with E-state index in [2.05, 4.69) is 0 Å². The molecule has 0 bridgehead atoms. The summed E-state index contributed by atoms with van der Waals surface area (Å²) in [6.07, 6.45) is 4.65. The molecule has 21 heavy (non-hydrogen) atoms. The summed E-state index contributed by atoms with van der Waals surface area (Å²) in [4.78, 5) is 38.5. The minimum atomic E-state index is -1.32. The molecule has 0 aromatic carbocycles. The molecular weight excluding hydrogens is 270 g/mol. The molecule has 0 aromatic rings. The monoisotopic (exact) mass is 291 g/mol. The van der Waals surface area contributed by atoms with Gasteiger partial charge >= 0.3 is 5.97 Å². The molecular formula is C16H21NO4. The Morgan fingerprint density at radius 1 is 1.38 bits per heavy atom. The lowest BCUT2D eigenvalue weighted by molar-refractivity contribution is -0.163. The molecule has 0 aromatic heterocycles. The predicted octanol–water partition coefficient (Wildman–Crippen LogP) is 1.49. The van der Waals surface area contributed by atoms with Crippen molar-refractivity contribution in [3.8, 4) is 0 Å². The molecule has 0 saturated carbocycles. The van der Waals surface area contributed by atoms with Crippen molar-refractivity contribution in [3.05, 3.63) is 23.8 Å². The van der Waals surface area contributed by atoms with E-state index in [1.807, 2.05) is 6.92 Å². The summed E-state index contributed by atoms with van der Waals surface area (Å²) < 4.78 is 5.16. The van der Waals surface area contributed by atoms with Crippen molar-refractivity contribution in [1.82, 2.24) is 4.90 Å². The largest absolute Gasteiger partial charge is 0.465 e. The quantitative estimate of drug-likeness (QED) is 0.584. The third-order valence-electron chi connectivity index (χ3n) is 4.71.